The fraction of sp³-hybridized carbons (Fsp3) is 0.286. The molecule has 1 aromatic heterocycles. The van der Waals surface area contributed by atoms with E-state index in [-0.39, 0.29) is 0 Å². The highest BCUT2D eigenvalue weighted by molar-refractivity contribution is 6.31. The third-order valence-corrected chi connectivity index (χ3v) is 2.94. The number of ether oxygens (including phenoxy) is 1. The van der Waals surface area contributed by atoms with Crippen molar-refractivity contribution in [2.45, 2.75) is 6.92 Å². The van der Waals surface area contributed by atoms with Gasteiger partial charge in [-0.25, -0.2) is 0 Å². The molecule has 98 valence electrons. The maximum Gasteiger partial charge on any atom is 0.103 e. The highest BCUT2D eigenvalue weighted by Crippen LogP contribution is 2.27. The molecule has 1 aromatic carbocycles. The van der Waals surface area contributed by atoms with E-state index in [9.17, 15) is 0 Å². The second-order valence-corrected chi connectivity index (χ2v) is 4.38. The highest BCUT2D eigenvalue weighted by Gasteiger charge is 2.08. The van der Waals surface area contributed by atoms with Crippen molar-refractivity contribution in [2.24, 2.45) is 0 Å². The minimum absolute atomic E-state index is 0.506. The SMILES string of the molecule is CCOCCNc1c(C#N)cnc2ccc(Cl)cc12. The third kappa shape index (κ3) is 3.14. The van der Waals surface area contributed by atoms with Crippen LogP contribution in [-0.2, 0) is 4.74 Å². The number of aromatic nitrogens is 1. The Hall–Kier alpha value is -1.83. The van der Waals surface area contributed by atoms with Gasteiger partial charge in [0, 0.05) is 29.8 Å². The van der Waals surface area contributed by atoms with E-state index in [1.165, 1.54) is 0 Å². The van der Waals surface area contributed by atoms with Crippen LogP contribution in [0.2, 0.25) is 5.02 Å². The molecule has 1 N–H and O–H groups in total. The normalized spacial score (nSPS) is 10.4. The molecule has 1 heterocycles. The van der Waals surface area contributed by atoms with Crippen molar-refractivity contribution in [1.29, 1.82) is 5.26 Å². The summed E-state index contributed by atoms with van der Waals surface area (Å²) in [5.41, 5.74) is 2.07. The lowest BCUT2D eigenvalue weighted by molar-refractivity contribution is 0.158. The third-order valence-electron chi connectivity index (χ3n) is 2.70. The zero-order valence-corrected chi connectivity index (χ0v) is 11.4. The van der Waals surface area contributed by atoms with Gasteiger partial charge in [0.15, 0.2) is 0 Å². The summed E-state index contributed by atoms with van der Waals surface area (Å²) < 4.78 is 5.28. The van der Waals surface area contributed by atoms with E-state index in [2.05, 4.69) is 16.4 Å². The van der Waals surface area contributed by atoms with Crippen molar-refractivity contribution >= 4 is 28.2 Å². The number of nitriles is 1. The van der Waals surface area contributed by atoms with Gasteiger partial charge in [-0.3, -0.25) is 4.98 Å². The van der Waals surface area contributed by atoms with Crippen molar-refractivity contribution in [3.05, 3.63) is 35.0 Å². The summed E-state index contributed by atoms with van der Waals surface area (Å²) in [6.07, 6.45) is 1.57. The predicted molar refractivity (Wildman–Crippen MR) is 76.5 cm³/mol. The smallest absolute Gasteiger partial charge is 0.103 e. The molecule has 4 nitrogen and oxygen atoms in total. The fourth-order valence-corrected chi connectivity index (χ4v) is 2.00. The Morgan fingerprint density at radius 3 is 3.05 bits per heavy atom. The molecule has 0 amide bonds. The molecule has 0 aliphatic carbocycles. The summed E-state index contributed by atoms with van der Waals surface area (Å²) in [4.78, 5) is 4.25. The van der Waals surface area contributed by atoms with Crippen LogP contribution in [0.5, 0.6) is 0 Å². The molecule has 19 heavy (non-hydrogen) atoms. The molecule has 2 aromatic rings. The zero-order valence-electron chi connectivity index (χ0n) is 10.6. The van der Waals surface area contributed by atoms with Crippen molar-refractivity contribution in [1.82, 2.24) is 4.98 Å². The molecule has 0 saturated heterocycles. The maximum atomic E-state index is 9.16. The van der Waals surface area contributed by atoms with Gasteiger partial charge >= 0.3 is 0 Å². The Labute approximate surface area is 117 Å². The molecule has 2 rings (SSSR count). The first-order valence-corrected chi connectivity index (χ1v) is 6.44. The molecule has 0 atom stereocenters. The molecule has 0 unspecified atom stereocenters. The number of halogens is 1. The van der Waals surface area contributed by atoms with E-state index in [0.717, 1.165) is 16.6 Å². The van der Waals surface area contributed by atoms with Crippen LogP contribution < -0.4 is 5.32 Å². The zero-order chi connectivity index (χ0) is 13.7. The molecule has 0 aliphatic heterocycles. The van der Waals surface area contributed by atoms with Gasteiger partial charge in [-0.2, -0.15) is 5.26 Å². The number of nitrogens with zero attached hydrogens (tertiary/aromatic N) is 2. The summed E-state index contributed by atoms with van der Waals surface area (Å²) in [7, 11) is 0. The van der Waals surface area contributed by atoms with Crippen molar-refractivity contribution < 1.29 is 4.74 Å². The lowest BCUT2D eigenvalue weighted by Gasteiger charge is -2.11. The number of anilines is 1. The molecular weight excluding hydrogens is 262 g/mol. The quantitative estimate of drug-likeness (QED) is 0.851. The van der Waals surface area contributed by atoms with Crippen molar-refractivity contribution in [3.8, 4) is 6.07 Å². The molecule has 0 aliphatic rings. The van der Waals surface area contributed by atoms with Crippen LogP contribution >= 0.6 is 11.6 Å². The molecule has 0 bridgehead atoms. The first kappa shape index (κ1) is 13.6. The topological polar surface area (TPSA) is 57.9 Å². The van der Waals surface area contributed by atoms with Crippen LogP contribution in [0.15, 0.2) is 24.4 Å². The maximum absolute atomic E-state index is 9.16. The summed E-state index contributed by atoms with van der Waals surface area (Å²) in [6, 6.07) is 7.58. The highest BCUT2D eigenvalue weighted by atomic mass is 35.5. The summed E-state index contributed by atoms with van der Waals surface area (Å²) in [5, 5.41) is 13.9. The van der Waals surface area contributed by atoms with Gasteiger partial charge in [0.05, 0.1) is 23.4 Å². The minimum Gasteiger partial charge on any atom is -0.381 e. The Kier molecular flexibility index (Phi) is 4.56. The van der Waals surface area contributed by atoms with E-state index in [1.807, 2.05) is 19.1 Å². The van der Waals surface area contributed by atoms with Crippen LogP contribution in [0.25, 0.3) is 10.9 Å². The van der Waals surface area contributed by atoms with Gasteiger partial charge in [-0.15, -0.1) is 0 Å². The number of rotatable bonds is 5. The van der Waals surface area contributed by atoms with Crippen LogP contribution in [-0.4, -0.2) is 24.7 Å². The van der Waals surface area contributed by atoms with Crippen molar-refractivity contribution in [2.75, 3.05) is 25.1 Å². The first-order chi connectivity index (χ1) is 9.26. The number of hydrogen-bond donors (Lipinski definition) is 1. The lowest BCUT2D eigenvalue weighted by atomic mass is 10.1. The molecule has 0 saturated carbocycles. The number of nitrogens with one attached hydrogen (secondary N) is 1. The van der Waals surface area contributed by atoms with E-state index in [4.69, 9.17) is 21.6 Å². The number of benzene rings is 1. The largest absolute Gasteiger partial charge is 0.381 e. The Morgan fingerprint density at radius 2 is 2.32 bits per heavy atom. The Balaban J connectivity index is 2.37. The van der Waals surface area contributed by atoms with Crippen LogP contribution in [0.3, 0.4) is 0 Å². The van der Waals surface area contributed by atoms with Gasteiger partial charge in [0.2, 0.25) is 0 Å². The molecular formula is C14H14ClN3O. The molecule has 0 spiro atoms. The molecule has 5 heteroatoms. The number of pyridine rings is 1. The van der Waals surface area contributed by atoms with Gasteiger partial charge < -0.3 is 10.1 Å². The van der Waals surface area contributed by atoms with Crippen LogP contribution in [0, 0.1) is 11.3 Å². The van der Waals surface area contributed by atoms with Gasteiger partial charge in [0.1, 0.15) is 6.07 Å². The Morgan fingerprint density at radius 1 is 1.47 bits per heavy atom. The molecule has 0 fully saturated rings. The van der Waals surface area contributed by atoms with Crippen molar-refractivity contribution in [3.63, 3.8) is 0 Å². The second-order valence-electron chi connectivity index (χ2n) is 3.94. The first-order valence-electron chi connectivity index (χ1n) is 6.06. The van der Waals surface area contributed by atoms with Crippen LogP contribution in [0.1, 0.15) is 12.5 Å². The number of fused-ring (bicyclic) bond motifs is 1. The monoisotopic (exact) mass is 275 g/mol. The van der Waals surface area contributed by atoms with E-state index < -0.39 is 0 Å². The minimum atomic E-state index is 0.506. The fourth-order valence-electron chi connectivity index (χ4n) is 1.83. The standard InChI is InChI=1S/C14H14ClN3O/c1-2-19-6-5-17-14-10(8-16)9-18-13-4-3-11(15)7-12(13)14/h3-4,7,9H,2,5-6H2,1H3,(H,17,18). The number of hydrogen-bond acceptors (Lipinski definition) is 4. The van der Waals surface area contributed by atoms with E-state index in [0.29, 0.717) is 30.3 Å². The summed E-state index contributed by atoms with van der Waals surface area (Å²) in [5.74, 6) is 0. The predicted octanol–water partition coefficient (Wildman–Crippen LogP) is 3.21. The van der Waals surface area contributed by atoms with Gasteiger partial charge in [-0.05, 0) is 25.1 Å². The van der Waals surface area contributed by atoms with Gasteiger partial charge in [-0.1, -0.05) is 11.6 Å². The summed E-state index contributed by atoms with van der Waals surface area (Å²) in [6.45, 7) is 3.85. The van der Waals surface area contributed by atoms with Crippen LogP contribution in [0.4, 0.5) is 5.69 Å². The average Bonchev–Trinajstić information content (AvgIpc) is 2.43. The molecule has 0 radical (unpaired) electrons. The van der Waals surface area contributed by atoms with E-state index in [1.54, 1.807) is 12.3 Å². The lowest BCUT2D eigenvalue weighted by Crippen LogP contribution is -2.10. The summed E-state index contributed by atoms with van der Waals surface area (Å²) >= 11 is 6.01. The van der Waals surface area contributed by atoms with Gasteiger partial charge in [0.25, 0.3) is 0 Å². The average molecular weight is 276 g/mol. The van der Waals surface area contributed by atoms with E-state index >= 15 is 0 Å². The Bertz CT molecular complexity index is 622. The second kappa shape index (κ2) is 6.37.